The zero-order valence-corrected chi connectivity index (χ0v) is 16.1. The lowest BCUT2D eigenvalue weighted by atomic mass is 9.99. The highest BCUT2D eigenvalue weighted by molar-refractivity contribution is 6.06. The van der Waals surface area contributed by atoms with Gasteiger partial charge in [-0.1, -0.05) is 30.3 Å². The van der Waals surface area contributed by atoms with Gasteiger partial charge in [0.25, 0.3) is 0 Å². The molecule has 0 unspecified atom stereocenters. The normalized spacial score (nSPS) is 15.9. The van der Waals surface area contributed by atoms with Gasteiger partial charge in [-0.15, -0.1) is 0 Å². The van der Waals surface area contributed by atoms with Crippen LogP contribution >= 0.6 is 0 Å². The summed E-state index contributed by atoms with van der Waals surface area (Å²) in [5, 5.41) is 5.36. The lowest BCUT2D eigenvalue weighted by molar-refractivity contribution is -0.113. The van der Waals surface area contributed by atoms with Gasteiger partial charge in [0, 0.05) is 36.0 Å². The van der Waals surface area contributed by atoms with Gasteiger partial charge < -0.3 is 5.32 Å². The summed E-state index contributed by atoms with van der Waals surface area (Å²) >= 11 is 0. The second kappa shape index (κ2) is 7.35. The lowest BCUT2D eigenvalue weighted by Crippen LogP contribution is -2.38. The number of nitrogens with zero attached hydrogens (tertiary/aromatic N) is 1. The summed E-state index contributed by atoms with van der Waals surface area (Å²) in [6, 6.07) is 15.6. The minimum atomic E-state index is -0.0165. The molecule has 2 N–H and O–H groups in total. The Morgan fingerprint density at radius 2 is 1.93 bits per heavy atom. The van der Waals surface area contributed by atoms with Crippen LogP contribution in [0.5, 0.6) is 0 Å². The number of allylic oxidation sites excluding steroid dienone is 1. The number of rotatable bonds is 5. The smallest absolute Gasteiger partial charge is 0.164 e. The van der Waals surface area contributed by atoms with E-state index in [1.807, 2.05) is 66.7 Å². The zero-order valence-electron chi connectivity index (χ0n) is 16.1. The number of Topliss-reactive ketones (excluding diaryl/α,β-unsaturated/α-hetero) is 2. The van der Waals surface area contributed by atoms with Gasteiger partial charge in [-0.3, -0.25) is 20.0 Å². The van der Waals surface area contributed by atoms with Crippen LogP contribution in [0.4, 0.5) is 5.69 Å². The minimum absolute atomic E-state index is 0.0165. The van der Waals surface area contributed by atoms with Crippen LogP contribution in [0.1, 0.15) is 41.8 Å². The van der Waals surface area contributed by atoms with Crippen LogP contribution in [0, 0.1) is 0 Å². The predicted molar refractivity (Wildman–Crippen MR) is 110 cm³/mol. The summed E-state index contributed by atoms with van der Waals surface area (Å²) in [5.74, 6) is 0.188. The molecule has 0 saturated heterocycles. The van der Waals surface area contributed by atoms with E-state index in [-0.39, 0.29) is 11.6 Å². The monoisotopic (exact) mass is 373 g/mol. The van der Waals surface area contributed by atoms with E-state index in [4.69, 9.17) is 0 Å². The van der Waals surface area contributed by atoms with E-state index < -0.39 is 0 Å². The van der Waals surface area contributed by atoms with Crippen LogP contribution in [0.2, 0.25) is 0 Å². The first kappa shape index (κ1) is 18.0. The molecule has 1 aliphatic heterocycles. The van der Waals surface area contributed by atoms with Crippen molar-refractivity contribution in [3.63, 3.8) is 0 Å². The average molecular weight is 373 g/mol. The molecule has 0 bridgehead atoms. The number of hydrogen-bond donors (Lipinski definition) is 2. The third-order valence-electron chi connectivity index (χ3n) is 5.12. The van der Waals surface area contributed by atoms with Crippen molar-refractivity contribution in [2.45, 2.75) is 26.7 Å². The maximum Gasteiger partial charge on any atom is 0.164 e. The van der Waals surface area contributed by atoms with Crippen molar-refractivity contribution in [3.8, 4) is 0 Å². The minimum Gasteiger partial charge on any atom is -0.354 e. The number of ketones is 2. The number of carbonyl (C=O) groups excluding carboxylic acids is 2. The van der Waals surface area contributed by atoms with E-state index in [0.717, 1.165) is 46.7 Å². The van der Waals surface area contributed by atoms with Crippen molar-refractivity contribution in [3.05, 3.63) is 82.7 Å². The molecule has 0 radical (unpaired) electrons. The third kappa shape index (κ3) is 3.31. The second-order valence-electron chi connectivity index (χ2n) is 7.03. The van der Waals surface area contributed by atoms with E-state index in [1.54, 1.807) is 6.92 Å². The van der Waals surface area contributed by atoms with Crippen LogP contribution in [-0.2, 0) is 11.2 Å². The topological polar surface area (TPSA) is 61.4 Å². The quantitative estimate of drug-likeness (QED) is 0.832. The van der Waals surface area contributed by atoms with Crippen molar-refractivity contribution in [1.82, 2.24) is 10.4 Å². The summed E-state index contributed by atoms with van der Waals surface area (Å²) in [7, 11) is 0. The molecule has 1 aliphatic carbocycles. The van der Waals surface area contributed by atoms with Crippen LogP contribution < -0.4 is 10.7 Å². The fraction of sp³-hybridized carbons (Fsp3) is 0.217. The van der Waals surface area contributed by atoms with E-state index in [1.165, 1.54) is 0 Å². The van der Waals surface area contributed by atoms with Crippen LogP contribution in [0.15, 0.2) is 66.0 Å². The number of carbonyl (C=O) groups is 2. The Bertz CT molecular complexity index is 1010. The number of aryl methyl sites for hydroxylation is 1. The zero-order chi connectivity index (χ0) is 19.7. The van der Waals surface area contributed by atoms with E-state index in [9.17, 15) is 9.59 Å². The molecule has 28 heavy (non-hydrogen) atoms. The first-order chi connectivity index (χ1) is 13.6. The molecule has 0 spiro atoms. The highest BCUT2D eigenvalue weighted by atomic mass is 16.1. The molecular formula is C23H23N3O2. The first-order valence-corrected chi connectivity index (χ1v) is 9.56. The Kier molecular flexibility index (Phi) is 4.74. The molecule has 5 nitrogen and oxygen atoms in total. The van der Waals surface area contributed by atoms with Gasteiger partial charge in [0.1, 0.15) is 0 Å². The molecule has 0 fully saturated rings. The van der Waals surface area contributed by atoms with Crippen molar-refractivity contribution in [2.75, 3.05) is 11.9 Å². The molecule has 5 heteroatoms. The second-order valence-corrected chi connectivity index (χ2v) is 7.03. The number of nitrogens with one attached hydrogen (secondary N) is 2. The summed E-state index contributed by atoms with van der Waals surface area (Å²) in [5.41, 5.74) is 9.21. The van der Waals surface area contributed by atoms with Crippen molar-refractivity contribution in [1.29, 1.82) is 0 Å². The molecule has 2 aromatic carbocycles. The van der Waals surface area contributed by atoms with E-state index in [2.05, 4.69) is 10.7 Å². The highest BCUT2D eigenvalue weighted by Gasteiger charge is 2.25. The van der Waals surface area contributed by atoms with Gasteiger partial charge in [0.05, 0.1) is 17.0 Å². The number of benzene rings is 2. The standard InChI is InChI=1S/C23H23N3O2/c1-3-26-14-20(24-18-10-11-19-17(13-18)9-12-21(19)28)22(15(2)27)23(25-26)16-7-5-4-6-8-16/h4-8,10-11,13-14,24-25H,3,9,12H2,1-2H3. The fourth-order valence-corrected chi connectivity index (χ4v) is 3.72. The highest BCUT2D eigenvalue weighted by Crippen LogP contribution is 2.30. The average Bonchev–Trinajstić information content (AvgIpc) is 3.08. The van der Waals surface area contributed by atoms with Gasteiger partial charge in [-0.2, -0.15) is 0 Å². The summed E-state index contributed by atoms with van der Waals surface area (Å²) in [6.45, 7) is 4.37. The molecule has 0 amide bonds. The molecule has 2 aromatic rings. The molecule has 1 heterocycles. The molecule has 2 aliphatic rings. The van der Waals surface area contributed by atoms with Gasteiger partial charge in [0.15, 0.2) is 11.6 Å². The van der Waals surface area contributed by atoms with Gasteiger partial charge in [-0.25, -0.2) is 0 Å². The molecule has 142 valence electrons. The number of anilines is 1. The first-order valence-electron chi connectivity index (χ1n) is 9.56. The molecule has 4 rings (SSSR count). The number of hydrogen-bond acceptors (Lipinski definition) is 5. The van der Waals surface area contributed by atoms with Crippen LogP contribution in [0.25, 0.3) is 5.70 Å². The molecule has 0 aromatic heterocycles. The maximum absolute atomic E-state index is 12.6. The number of fused-ring (bicyclic) bond motifs is 1. The molecular weight excluding hydrogens is 350 g/mol. The molecule has 0 atom stereocenters. The summed E-state index contributed by atoms with van der Waals surface area (Å²) < 4.78 is 0. The summed E-state index contributed by atoms with van der Waals surface area (Å²) in [6.07, 6.45) is 3.27. The third-order valence-corrected chi connectivity index (χ3v) is 5.12. The van der Waals surface area contributed by atoms with Crippen molar-refractivity contribution in [2.24, 2.45) is 0 Å². The lowest BCUT2D eigenvalue weighted by Gasteiger charge is -2.31. The Balaban J connectivity index is 1.75. The van der Waals surface area contributed by atoms with E-state index in [0.29, 0.717) is 12.0 Å². The van der Waals surface area contributed by atoms with E-state index >= 15 is 0 Å². The number of hydrazine groups is 1. The summed E-state index contributed by atoms with van der Waals surface area (Å²) in [4.78, 5) is 24.5. The van der Waals surface area contributed by atoms with Crippen molar-refractivity contribution < 1.29 is 9.59 Å². The Hall–Kier alpha value is -3.34. The van der Waals surface area contributed by atoms with Gasteiger partial charge in [-0.05, 0) is 44.0 Å². The SMILES string of the molecule is CCN1C=C(Nc2ccc3c(c2)CCC3=O)C(C(C)=O)=C(c2ccccc2)N1. The maximum atomic E-state index is 12.6. The Morgan fingerprint density at radius 1 is 1.14 bits per heavy atom. The molecule has 0 saturated carbocycles. The largest absolute Gasteiger partial charge is 0.354 e. The van der Waals surface area contributed by atoms with Crippen LogP contribution in [-0.4, -0.2) is 23.1 Å². The van der Waals surface area contributed by atoms with Crippen molar-refractivity contribution >= 4 is 23.0 Å². The predicted octanol–water partition coefficient (Wildman–Crippen LogP) is 3.91. The Morgan fingerprint density at radius 3 is 2.64 bits per heavy atom. The Labute approximate surface area is 164 Å². The van der Waals surface area contributed by atoms with Gasteiger partial charge >= 0.3 is 0 Å². The van der Waals surface area contributed by atoms with Crippen LogP contribution in [0.3, 0.4) is 0 Å². The fourth-order valence-electron chi connectivity index (χ4n) is 3.72. The van der Waals surface area contributed by atoms with Gasteiger partial charge in [0.2, 0.25) is 0 Å².